The summed E-state index contributed by atoms with van der Waals surface area (Å²) >= 11 is 0. The summed E-state index contributed by atoms with van der Waals surface area (Å²) in [5.74, 6) is -1.10. The number of aromatic hydroxyl groups is 2. The Morgan fingerprint density at radius 1 is 0.946 bits per heavy atom. The molecule has 0 amide bonds. The molecule has 2 aromatic carbocycles. The fourth-order valence-electron chi connectivity index (χ4n) is 3.44. The van der Waals surface area contributed by atoms with Gasteiger partial charge in [0.25, 0.3) is 0 Å². The first-order chi connectivity index (χ1) is 17.9. The molecule has 0 bridgehead atoms. The van der Waals surface area contributed by atoms with Crippen LogP contribution in [0.15, 0.2) is 60.8 Å². The number of carbonyl (C=O) groups excluding carboxylic acids is 1. The van der Waals surface area contributed by atoms with Gasteiger partial charge in [-0.2, -0.15) is 4.98 Å². The van der Waals surface area contributed by atoms with E-state index < -0.39 is 12.6 Å². The third kappa shape index (κ3) is 7.00. The summed E-state index contributed by atoms with van der Waals surface area (Å²) in [6.45, 7) is 7.68. The molecular formula is C28H32N2O7. The maximum atomic E-state index is 13.2. The van der Waals surface area contributed by atoms with Crippen LogP contribution in [-0.4, -0.2) is 50.3 Å². The van der Waals surface area contributed by atoms with Gasteiger partial charge in [-0.3, -0.25) is 4.79 Å². The van der Waals surface area contributed by atoms with Gasteiger partial charge in [0.1, 0.15) is 11.4 Å². The number of ketones is 1. The number of phenols is 2. The molecule has 0 aliphatic carbocycles. The van der Waals surface area contributed by atoms with Crippen LogP contribution in [0, 0.1) is 0 Å². The number of rotatable bonds is 8. The zero-order valence-corrected chi connectivity index (χ0v) is 21.6. The van der Waals surface area contributed by atoms with Crippen LogP contribution in [0.4, 0.5) is 0 Å². The lowest BCUT2D eigenvalue weighted by atomic mass is 10.0. The molecule has 4 rings (SSSR count). The van der Waals surface area contributed by atoms with E-state index in [0.29, 0.717) is 33.6 Å². The predicted molar refractivity (Wildman–Crippen MR) is 141 cm³/mol. The largest absolute Gasteiger partial charge is 0.508 e. The summed E-state index contributed by atoms with van der Waals surface area (Å²) < 4.78 is 12.1. The maximum Gasteiger partial charge on any atom is 0.341 e. The summed E-state index contributed by atoms with van der Waals surface area (Å²) in [4.78, 5) is 28.5. The fourth-order valence-corrected chi connectivity index (χ4v) is 3.44. The van der Waals surface area contributed by atoms with Crippen LogP contribution in [0.1, 0.15) is 49.2 Å². The van der Waals surface area contributed by atoms with Crippen LogP contribution in [0.25, 0.3) is 11.0 Å². The second kappa shape index (κ2) is 13.5. The van der Waals surface area contributed by atoms with Crippen molar-refractivity contribution in [2.75, 3.05) is 13.7 Å². The van der Waals surface area contributed by atoms with Crippen molar-refractivity contribution in [2.24, 2.45) is 0 Å². The van der Waals surface area contributed by atoms with Gasteiger partial charge >= 0.3 is 5.97 Å². The lowest BCUT2D eigenvalue weighted by molar-refractivity contribution is -0.139. The van der Waals surface area contributed by atoms with E-state index in [1.807, 2.05) is 27.7 Å². The van der Waals surface area contributed by atoms with Crippen molar-refractivity contribution in [1.82, 2.24) is 9.55 Å². The Hall–Kier alpha value is -4.53. The minimum atomic E-state index is -1.16. The third-order valence-corrected chi connectivity index (χ3v) is 5.01. The Balaban J connectivity index is 0.00000115. The zero-order valence-electron chi connectivity index (χ0n) is 21.6. The first-order valence-corrected chi connectivity index (χ1v) is 11.9. The molecule has 0 saturated heterocycles. The molecule has 0 aliphatic rings. The highest BCUT2D eigenvalue weighted by molar-refractivity contribution is 6.16. The molecular weight excluding hydrogens is 476 g/mol. The van der Waals surface area contributed by atoms with Gasteiger partial charge in [0.15, 0.2) is 23.9 Å². The number of carboxylic acid groups (broad SMARTS) is 1. The van der Waals surface area contributed by atoms with Gasteiger partial charge < -0.3 is 29.4 Å². The molecule has 0 fully saturated rings. The van der Waals surface area contributed by atoms with Crippen molar-refractivity contribution in [3.8, 4) is 23.1 Å². The average Bonchev–Trinajstić information content (AvgIpc) is 3.28. The molecule has 9 heteroatoms. The number of methoxy groups -OCH3 is 1. The highest BCUT2D eigenvalue weighted by atomic mass is 16.5. The van der Waals surface area contributed by atoms with Gasteiger partial charge in [0.2, 0.25) is 5.88 Å². The molecule has 196 valence electrons. The molecule has 2 aromatic heterocycles. The number of phenolic OH excluding ortho intramolecular Hbond substituents is 2. The Labute approximate surface area is 215 Å². The number of benzene rings is 2. The van der Waals surface area contributed by atoms with Crippen LogP contribution in [0.5, 0.6) is 23.1 Å². The van der Waals surface area contributed by atoms with Crippen molar-refractivity contribution in [1.29, 1.82) is 0 Å². The highest BCUT2D eigenvalue weighted by Crippen LogP contribution is 2.30. The van der Waals surface area contributed by atoms with Crippen LogP contribution < -0.4 is 9.47 Å². The monoisotopic (exact) mass is 508 g/mol. The van der Waals surface area contributed by atoms with Crippen LogP contribution in [-0.2, 0) is 11.3 Å². The van der Waals surface area contributed by atoms with Crippen molar-refractivity contribution >= 4 is 22.8 Å². The molecule has 0 aliphatic heterocycles. The first-order valence-electron chi connectivity index (χ1n) is 11.9. The number of pyridine rings is 1. The molecule has 2 heterocycles. The van der Waals surface area contributed by atoms with Crippen molar-refractivity contribution in [3.63, 3.8) is 0 Å². The van der Waals surface area contributed by atoms with E-state index in [2.05, 4.69) is 4.98 Å². The Bertz CT molecular complexity index is 1340. The van der Waals surface area contributed by atoms with Gasteiger partial charge in [0, 0.05) is 35.3 Å². The van der Waals surface area contributed by atoms with Gasteiger partial charge in [0.05, 0.1) is 7.11 Å². The lowest BCUT2D eigenvalue weighted by Crippen LogP contribution is -2.10. The van der Waals surface area contributed by atoms with E-state index in [-0.39, 0.29) is 29.6 Å². The summed E-state index contributed by atoms with van der Waals surface area (Å²) in [6, 6.07) is 14.0. The minimum absolute atomic E-state index is 0.0392. The third-order valence-electron chi connectivity index (χ3n) is 5.01. The topological polar surface area (TPSA) is 131 Å². The molecule has 3 N–H and O–H groups in total. The van der Waals surface area contributed by atoms with Crippen molar-refractivity contribution < 1.29 is 34.4 Å². The SMILES string of the molecule is CC.CC.COc1ccc2c(C(=O)c3ccc(O)cc3)cn(Cc3ccc(O)c(OCC(=O)O)c3)c2n1. The minimum Gasteiger partial charge on any atom is -0.508 e. The molecule has 0 spiro atoms. The number of hydrogen-bond acceptors (Lipinski definition) is 7. The molecule has 9 nitrogen and oxygen atoms in total. The Morgan fingerprint density at radius 3 is 2.24 bits per heavy atom. The zero-order chi connectivity index (χ0) is 27.5. The number of ether oxygens (including phenoxy) is 2. The highest BCUT2D eigenvalue weighted by Gasteiger charge is 2.19. The number of hydrogen-bond donors (Lipinski definition) is 3. The van der Waals surface area contributed by atoms with Crippen molar-refractivity contribution in [3.05, 3.63) is 77.5 Å². The van der Waals surface area contributed by atoms with E-state index in [1.165, 1.54) is 31.4 Å². The molecule has 0 radical (unpaired) electrons. The van der Waals surface area contributed by atoms with Crippen LogP contribution >= 0.6 is 0 Å². The molecule has 0 unspecified atom stereocenters. The molecule has 0 atom stereocenters. The van der Waals surface area contributed by atoms with Crippen molar-refractivity contribution in [2.45, 2.75) is 34.2 Å². The van der Waals surface area contributed by atoms with E-state index in [0.717, 1.165) is 0 Å². The number of aromatic nitrogens is 2. The van der Waals surface area contributed by atoms with E-state index in [4.69, 9.17) is 14.6 Å². The van der Waals surface area contributed by atoms with E-state index in [9.17, 15) is 19.8 Å². The summed E-state index contributed by atoms with van der Waals surface area (Å²) in [6.07, 6.45) is 1.68. The molecule has 0 saturated carbocycles. The summed E-state index contributed by atoms with van der Waals surface area (Å²) in [5, 5.41) is 28.9. The lowest BCUT2D eigenvalue weighted by Gasteiger charge is -2.10. The van der Waals surface area contributed by atoms with Gasteiger partial charge in [-0.05, 0) is 48.0 Å². The Morgan fingerprint density at radius 2 is 1.62 bits per heavy atom. The number of carbonyl (C=O) groups is 2. The second-order valence-corrected chi connectivity index (χ2v) is 7.26. The van der Waals surface area contributed by atoms with E-state index >= 15 is 0 Å². The van der Waals surface area contributed by atoms with Gasteiger partial charge in [-0.15, -0.1) is 0 Å². The number of nitrogens with zero attached hydrogens (tertiary/aromatic N) is 2. The standard InChI is InChI=1S/C24H20N2O7.2C2H6/c1-32-21-9-7-17-18(23(31)15-3-5-16(27)6-4-15)12-26(24(17)25-21)11-14-2-8-19(28)20(10-14)33-13-22(29)30;2*1-2/h2-10,12,27-28H,11,13H2,1H3,(H,29,30);2*1-2H3. The quantitative estimate of drug-likeness (QED) is 0.275. The van der Waals surface area contributed by atoms with Gasteiger partial charge in [-0.1, -0.05) is 33.8 Å². The first kappa shape index (κ1) is 28.7. The number of carboxylic acids is 1. The predicted octanol–water partition coefficient (Wildman–Crippen LogP) is 5.25. The number of aliphatic carboxylic acids is 1. The van der Waals surface area contributed by atoms with Gasteiger partial charge in [-0.25, -0.2) is 4.79 Å². The fraction of sp³-hybridized carbons (Fsp3) is 0.250. The molecule has 4 aromatic rings. The van der Waals surface area contributed by atoms with Crippen LogP contribution in [0.3, 0.4) is 0 Å². The Kier molecular flexibility index (Phi) is 10.5. The average molecular weight is 509 g/mol. The smallest absolute Gasteiger partial charge is 0.341 e. The normalized spacial score (nSPS) is 9.97. The number of fused-ring (bicyclic) bond motifs is 1. The summed E-state index contributed by atoms with van der Waals surface area (Å²) in [7, 11) is 1.50. The van der Waals surface area contributed by atoms with Crippen LogP contribution in [0.2, 0.25) is 0 Å². The molecule has 37 heavy (non-hydrogen) atoms. The second-order valence-electron chi connectivity index (χ2n) is 7.26. The maximum absolute atomic E-state index is 13.2. The summed E-state index contributed by atoms with van der Waals surface area (Å²) in [5.41, 5.74) is 2.04. The van der Waals surface area contributed by atoms with E-state index in [1.54, 1.807) is 41.1 Å².